The smallest absolute Gasteiger partial charge is 0.159 e. The zero-order valence-corrected chi connectivity index (χ0v) is 19.4. The van der Waals surface area contributed by atoms with Gasteiger partial charge >= 0.3 is 0 Å². The number of ketones is 1. The van der Waals surface area contributed by atoms with Crippen molar-refractivity contribution in [1.82, 2.24) is 9.80 Å². The number of phenolic OH excluding ortho intramolecular Hbond substituents is 1. The van der Waals surface area contributed by atoms with E-state index in [0.29, 0.717) is 17.9 Å². The Kier molecular flexibility index (Phi) is 6.98. The maximum absolute atomic E-state index is 12.1. The number of phenols is 1. The lowest BCUT2D eigenvalue weighted by atomic mass is 9.92. The molecule has 1 fully saturated rings. The maximum atomic E-state index is 12.1. The van der Waals surface area contributed by atoms with Crippen LogP contribution < -0.4 is 0 Å². The first-order chi connectivity index (χ1) is 15.9. The Morgan fingerprint density at radius 2 is 1.70 bits per heavy atom. The van der Waals surface area contributed by atoms with Gasteiger partial charge in [0.1, 0.15) is 23.9 Å². The van der Waals surface area contributed by atoms with Gasteiger partial charge in [0.15, 0.2) is 5.78 Å². The molecule has 1 aromatic heterocycles. The minimum atomic E-state index is -0.0926. The second kappa shape index (κ2) is 9.91. The SMILES string of the molecule is CC(=O)c1cccc([C@H](c2cccc(O)c2)N2C[C@@H](C)N(Cc3ccc(CO)o3)C[C@@H]2C)c1. The number of nitrogens with zero attached hydrogens (tertiary/aromatic N) is 2. The van der Waals surface area contributed by atoms with Crippen LogP contribution >= 0.6 is 0 Å². The third-order valence-corrected chi connectivity index (χ3v) is 6.52. The zero-order valence-electron chi connectivity index (χ0n) is 19.4. The summed E-state index contributed by atoms with van der Waals surface area (Å²) in [6, 6.07) is 19.4. The Labute approximate surface area is 195 Å². The van der Waals surface area contributed by atoms with Crippen molar-refractivity contribution in [3.8, 4) is 5.75 Å². The molecule has 1 aliphatic rings. The lowest BCUT2D eigenvalue weighted by Gasteiger charge is -2.47. The molecule has 3 atom stereocenters. The molecule has 0 amide bonds. The molecule has 3 aromatic rings. The molecule has 0 radical (unpaired) electrons. The third-order valence-electron chi connectivity index (χ3n) is 6.52. The molecule has 0 bridgehead atoms. The first-order valence-electron chi connectivity index (χ1n) is 11.4. The second-order valence-corrected chi connectivity index (χ2v) is 9.03. The van der Waals surface area contributed by atoms with Gasteiger partial charge in [0, 0.05) is 30.7 Å². The Morgan fingerprint density at radius 1 is 1.00 bits per heavy atom. The van der Waals surface area contributed by atoms with E-state index < -0.39 is 0 Å². The number of rotatable bonds is 7. The van der Waals surface area contributed by atoms with Gasteiger partial charge in [0.05, 0.1) is 12.6 Å². The van der Waals surface area contributed by atoms with Crippen LogP contribution in [0.5, 0.6) is 5.75 Å². The van der Waals surface area contributed by atoms with Crippen LogP contribution in [0.25, 0.3) is 0 Å². The fraction of sp³-hybridized carbons (Fsp3) is 0.370. The minimum Gasteiger partial charge on any atom is -0.508 e. The minimum absolute atomic E-state index is 0.0402. The Bertz CT molecular complexity index is 1110. The molecule has 6 heteroatoms. The van der Waals surface area contributed by atoms with Gasteiger partial charge in [-0.1, -0.05) is 30.3 Å². The van der Waals surface area contributed by atoms with E-state index in [0.717, 1.165) is 30.0 Å². The summed E-state index contributed by atoms with van der Waals surface area (Å²) in [4.78, 5) is 16.9. The normalized spacial score (nSPS) is 20.6. The van der Waals surface area contributed by atoms with E-state index in [1.54, 1.807) is 13.0 Å². The van der Waals surface area contributed by atoms with Crippen LogP contribution in [0, 0.1) is 0 Å². The number of hydrogen-bond acceptors (Lipinski definition) is 6. The highest BCUT2D eigenvalue weighted by atomic mass is 16.4. The van der Waals surface area contributed by atoms with Gasteiger partial charge in [-0.25, -0.2) is 0 Å². The molecule has 174 valence electrons. The van der Waals surface area contributed by atoms with E-state index >= 15 is 0 Å². The number of Topliss-reactive ketones (excluding diaryl/α,β-unsaturated/α-hetero) is 1. The average Bonchev–Trinajstić information content (AvgIpc) is 3.25. The van der Waals surface area contributed by atoms with Gasteiger partial charge in [-0.2, -0.15) is 0 Å². The van der Waals surface area contributed by atoms with E-state index in [1.165, 1.54) is 0 Å². The van der Waals surface area contributed by atoms with Crippen LogP contribution in [0.15, 0.2) is 65.1 Å². The molecule has 0 saturated carbocycles. The molecule has 6 nitrogen and oxygen atoms in total. The fourth-order valence-corrected chi connectivity index (χ4v) is 4.80. The lowest BCUT2D eigenvalue weighted by molar-refractivity contribution is 0.0159. The summed E-state index contributed by atoms with van der Waals surface area (Å²) in [7, 11) is 0. The highest BCUT2D eigenvalue weighted by Crippen LogP contribution is 2.35. The molecule has 4 rings (SSSR count). The molecular weight excluding hydrogens is 416 g/mol. The highest BCUT2D eigenvalue weighted by Gasteiger charge is 2.35. The lowest BCUT2D eigenvalue weighted by Crippen LogP contribution is -2.56. The van der Waals surface area contributed by atoms with Gasteiger partial charge < -0.3 is 14.6 Å². The van der Waals surface area contributed by atoms with Gasteiger partial charge in [-0.15, -0.1) is 0 Å². The Balaban J connectivity index is 1.63. The van der Waals surface area contributed by atoms with Gasteiger partial charge in [-0.3, -0.25) is 14.6 Å². The first kappa shape index (κ1) is 23.2. The molecule has 1 aliphatic heterocycles. The molecule has 2 heterocycles. The van der Waals surface area contributed by atoms with Crippen molar-refractivity contribution in [3.63, 3.8) is 0 Å². The summed E-state index contributed by atoms with van der Waals surface area (Å²) < 4.78 is 5.72. The van der Waals surface area contributed by atoms with Crippen LogP contribution in [0.2, 0.25) is 0 Å². The predicted octanol–water partition coefficient (Wildman–Crippen LogP) is 4.36. The molecule has 0 aliphatic carbocycles. The number of carbonyl (C=O) groups is 1. The molecule has 1 saturated heterocycles. The highest BCUT2D eigenvalue weighted by molar-refractivity contribution is 5.94. The van der Waals surface area contributed by atoms with Crippen molar-refractivity contribution in [3.05, 3.63) is 88.9 Å². The van der Waals surface area contributed by atoms with Crippen molar-refractivity contribution >= 4 is 5.78 Å². The largest absolute Gasteiger partial charge is 0.508 e. The summed E-state index contributed by atoms with van der Waals surface area (Å²) in [5.74, 6) is 1.71. The van der Waals surface area contributed by atoms with Gasteiger partial charge in [0.2, 0.25) is 0 Å². The first-order valence-corrected chi connectivity index (χ1v) is 11.4. The Hall–Kier alpha value is -2.93. The van der Waals surface area contributed by atoms with Crippen LogP contribution in [-0.2, 0) is 13.2 Å². The molecular formula is C27H32N2O4. The summed E-state index contributed by atoms with van der Waals surface area (Å²) in [5, 5.41) is 19.5. The van der Waals surface area contributed by atoms with Crippen molar-refractivity contribution in [2.45, 2.75) is 52.0 Å². The standard InChI is InChI=1S/C27H32N2O4/c1-18-15-29(19(2)14-28(18)16-25-10-11-26(17-30)33-25)27(23-8-5-9-24(32)13-23)22-7-4-6-21(12-22)20(3)31/h4-13,18-19,27,30,32H,14-17H2,1-3H3/t18-,19+,27-/m1/s1. The van der Waals surface area contributed by atoms with Crippen LogP contribution in [-0.4, -0.2) is 51.0 Å². The summed E-state index contributed by atoms with van der Waals surface area (Å²) in [6.07, 6.45) is 0. The number of benzene rings is 2. The van der Waals surface area contributed by atoms with E-state index in [1.807, 2.05) is 48.5 Å². The number of carbonyl (C=O) groups excluding carboxylic acids is 1. The molecule has 0 spiro atoms. The number of aliphatic hydroxyl groups excluding tert-OH is 1. The number of piperazine rings is 1. The zero-order chi connectivity index (χ0) is 23.5. The van der Waals surface area contributed by atoms with Crippen molar-refractivity contribution in [2.75, 3.05) is 13.1 Å². The molecule has 0 unspecified atom stereocenters. The summed E-state index contributed by atoms with van der Waals surface area (Å²) in [6.45, 7) is 8.27. The van der Waals surface area contributed by atoms with E-state index in [-0.39, 0.29) is 36.3 Å². The Morgan fingerprint density at radius 3 is 2.36 bits per heavy atom. The average molecular weight is 449 g/mol. The number of furan rings is 1. The second-order valence-electron chi connectivity index (χ2n) is 9.03. The van der Waals surface area contributed by atoms with Crippen molar-refractivity contribution < 1.29 is 19.4 Å². The predicted molar refractivity (Wildman–Crippen MR) is 127 cm³/mol. The summed E-state index contributed by atoms with van der Waals surface area (Å²) >= 11 is 0. The van der Waals surface area contributed by atoms with Crippen LogP contribution in [0.1, 0.15) is 59.8 Å². The van der Waals surface area contributed by atoms with E-state index in [9.17, 15) is 15.0 Å². The van der Waals surface area contributed by atoms with Crippen molar-refractivity contribution in [1.29, 1.82) is 0 Å². The number of hydrogen-bond donors (Lipinski definition) is 2. The topological polar surface area (TPSA) is 77.2 Å². The van der Waals surface area contributed by atoms with Crippen molar-refractivity contribution in [2.24, 2.45) is 0 Å². The van der Waals surface area contributed by atoms with Crippen LogP contribution in [0.3, 0.4) is 0 Å². The van der Waals surface area contributed by atoms with Gasteiger partial charge in [0.25, 0.3) is 0 Å². The molecule has 2 aromatic carbocycles. The number of aromatic hydroxyl groups is 1. The fourth-order valence-electron chi connectivity index (χ4n) is 4.80. The summed E-state index contributed by atoms with van der Waals surface area (Å²) in [5.41, 5.74) is 2.73. The van der Waals surface area contributed by atoms with E-state index in [4.69, 9.17) is 4.42 Å². The maximum Gasteiger partial charge on any atom is 0.159 e. The molecule has 2 N–H and O–H groups in total. The van der Waals surface area contributed by atoms with Gasteiger partial charge in [-0.05, 0) is 62.2 Å². The molecule has 33 heavy (non-hydrogen) atoms. The quantitative estimate of drug-likeness (QED) is 0.523. The van der Waals surface area contributed by atoms with E-state index in [2.05, 4.69) is 29.7 Å². The third kappa shape index (κ3) is 5.19. The monoisotopic (exact) mass is 448 g/mol. The number of aliphatic hydroxyl groups is 1. The van der Waals surface area contributed by atoms with Crippen LogP contribution in [0.4, 0.5) is 0 Å².